The number of benzene rings is 1. The van der Waals surface area contributed by atoms with Crippen molar-refractivity contribution in [2.75, 3.05) is 37.6 Å². The van der Waals surface area contributed by atoms with E-state index in [9.17, 15) is 14.7 Å². The molecule has 44 heavy (non-hydrogen) atoms. The van der Waals surface area contributed by atoms with Gasteiger partial charge in [-0.3, -0.25) is 4.79 Å². The van der Waals surface area contributed by atoms with Gasteiger partial charge in [-0.2, -0.15) is 0 Å². The molecular formula is C37H56N4O3. The molecule has 7 nitrogen and oxygen atoms in total. The normalized spacial score (nSPS) is 19.8. The summed E-state index contributed by atoms with van der Waals surface area (Å²) in [6, 6.07) is 8.15. The first-order chi connectivity index (χ1) is 21.1. The number of anilines is 1. The van der Waals surface area contributed by atoms with Crippen LogP contribution < -0.4 is 10.2 Å². The molecule has 0 unspecified atom stereocenters. The van der Waals surface area contributed by atoms with Gasteiger partial charge in [-0.25, -0.2) is 4.79 Å². The van der Waals surface area contributed by atoms with Crippen LogP contribution in [0.4, 0.5) is 10.5 Å². The maximum Gasteiger partial charge on any atom is 0.318 e. The monoisotopic (exact) mass is 604 g/mol. The van der Waals surface area contributed by atoms with E-state index in [0.29, 0.717) is 31.5 Å². The van der Waals surface area contributed by atoms with E-state index in [1.165, 1.54) is 24.8 Å². The number of nitrogens with one attached hydrogen (secondary N) is 1. The average molecular weight is 605 g/mol. The molecule has 0 bridgehead atoms. The molecule has 0 spiro atoms. The zero-order valence-electron chi connectivity index (χ0n) is 27.7. The molecule has 2 saturated heterocycles. The summed E-state index contributed by atoms with van der Waals surface area (Å²) in [5.41, 5.74) is 2.51. The smallest absolute Gasteiger partial charge is 0.318 e. The molecule has 3 aliphatic rings. The van der Waals surface area contributed by atoms with E-state index in [4.69, 9.17) is 0 Å². The number of nitrogens with zero attached hydrogens (tertiary/aromatic N) is 3. The van der Waals surface area contributed by atoms with E-state index in [2.05, 4.69) is 80.1 Å². The standard InChI is InChI=1S/C37H56N4O3/c1-29(2)17-27-41(32-14-12-31(13-15-32)16-22-37(44)20-8-7-9-21-37)33-18-25-39(26-19-33)35(42)34(28-30(3)4)38-36(43)40-23-10-5-6-11-24-40/h12-15,17,30,33-34,44H,5-11,18-21,23-28H2,1-4H3,(H,38,43)/t34-/m0/s1. The first kappa shape index (κ1) is 33.9. The molecule has 2 aliphatic heterocycles. The quantitative estimate of drug-likeness (QED) is 0.263. The number of rotatable bonds is 8. The van der Waals surface area contributed by atoms with Crippen molar-refractivity contribution < 1.29 is 14.7 Å². The number of aliphatic hydroxyl groups is 1. The summed E-state index contributed by atoms with van der Waals surface area (Å²) >= 11 is 0. The third kappa shape index (κ3) is 10.0. The Morgan fingerprint density at radius 1 is 0.955 bits per heavy atom. The molecule has 3 amide bonds. The van der Waals surface area contributed by atoms with E-state index in [0.717, 1.165) is 82.3 Å². The number of likely N-dealkylation sites (tertiary alicyclic amines) is 2. The van der Waals surface area contributed by atoms with Crippen molar-refractivity contribution in [1.82, 2.24) is 15.1 Å². The third-order valence-corrected chi connectivity index (χ3v) is 9.43. The Balaban J connectivity index is 1.40. The Morgan fingerprint density at radius 2 is 1.57 bits per heavy atom. The Morgan fingerprint density at radius 3 is 2.16 bits per heavy atom. The second-order valence-corrected chi connectivity index (χ2v) is 13.9. The second kappa shape index (κ2) is 16.4. The number of urea groups is 1. The molecule has 7 heteroatoms. The van der Waals surface area contributed by atoms with Crippen LogP contribution in [0.5, 0.6) is 0 Å². The largest absolute Gasteiger partial charge is 0.378 e. The van der Waals surface area contributed by atoms with Gasteiger partial charge in [0.25, 0.3) is 0 Å². The lowest BCUT2D eigenvalue weighted by molar-refractivity contribution is -0.134. The van der Waals surface area contributed by atoms with Gasteiger partial charge in [-0.05, 0) is 102 Å². The van der Waals surface area contributed by atoms with Crippen molar-refractivity contribution in [3.63, 3.8) is 0 Å². The summed E-state index contributed by atoms with van der Waals surface area (Å²) in [6.45, 7) is 12.2. The highest BCUT2D eigenvalue weighted by molar-refractivity contribution is 5.87. The van der Waals surface area contributed by atoms with Gasteiger partial charge in [-0.1, -0.05) is 56.6 Å². The van der Waals surface area contributed by atoms with Gasteiger partial charge in [0.05, 0.1) is 0 Å². The highest BCUT2D eigenvalue weighted by Crippen LogP contribution is 2.28. The zero-order chi connectivity index (χ0) is 31.5. The fourth-order valence-corrected chi connectivity index (χ4v) is 6.76. The summed E-state index contributed by atoms with van der Waals surface area (Å²) in [5.74, 6) is 6.74. The van der Waals surface area contributed by atoms with Crippen LogP contribution in [0.15, 0.2) is 35.9 Å². The fourth-order valence-electron chi connectivity index (χ4n) is 6.76. The highest BCUT2D eigenvalue weighted by atomic mass is 16.3. The predicted molar refractivity (Wildman–Crippen MR) is 180 cm³/mol. The van der Waals surface area contributed by atoms with Crippen LogP contribution in [-0.4, -0.2) is 77.3 Å². The second-order valence-electron chi connectivity index (χ2n) is 13.9. The molecule has 242 valence electrons. The highest BCUT2D eigenvalue weighted by Gasteiger charge is 2.33. The van der Waals surface area contributed by atoms with Crippen molar-refractivity contribution in [2.45, 2.75) is 122 Å². The van der Waals surface area contributed by atoms with Gasteiger partial charge in [0, 0.05) is 50.0 Å². The number of hydrogen-bond donors (Lipinski definition) is 2. The van der Waals surface area contributed by atoms with Crippen LogP contribution in [0, 0.1) is 17.8 Å². The summed E-state index contributed by atoms with van der Waals surface area (Å²) in [7, 11) is 0. The minimum Gasteiger partial charge on any atom is -0.378 e. The van der Waals surface area contributed by atoms with Crippen LogP contribution in [0.3, 0.4) is 0 Å². The van der Waals surface area contributed by atoms with E-state index >= 15 is 0 Å². The maximum absolute atomic E-state index is 13.8. The molecule has 2 N–H and O–H groups in total. The number of piperidine rings is 1. The summed E-state index contributed by atoms with van der Waals surface area (Å²) in [5, 5.41) is 13.9. The van der Waals surface area contributed by atoms with Crippen molar-refractivity contribution in [2.24, 2.45) is 5.92 Å². The van der Waals surface area contributed by atoms with E-state index in [1.807, 2.05) is 9.80 Å². The fraction of sp³-hybridized carbons (Fsp3) is 0.676. The molecule has 1 atom stereocenters. The lowest BCUT2D eigenvalue weighted by atomic mass is 9.85. The SMILES string of the molecule is CC(C)=CCN(c1ccc(C#CC2(O)CCCCC2)cc1)C1CCN(C(=O)[C@H](CC(C)C)NC(=O)N2CCCCCC2)CC1. The Labute approximate surface area is 266 Å². The topological polar surface area (TPSA) is 76.1 Å². The molecule has 1 saturated carbocycles. The van der Waals surface area contributed by atoms with Gasteiger partial charge in [-0.15, -0.1) is 0 Å². The van der Waals surface area contributed by atoms with Crippen molar-refractivity contribution >= 4 is 17.6 Å². The van der Waals surface area contributed by atoms with Gasteiger partial charge in [0.1, 0.15) is 11.6 Å². The van der Waals surface area contributed by atoms with Gasteiger partial charge in [0.2, 0.25) is 5.91 Å². The van der Waals surface area contributed by atoms with E-state index < -0.39 is 11.6 Å². The molecule has 1 aromatic carbocycles. The molecule has 0 aromatic heterocycles. The van der Waals surface area contributed by atoms with Gasteiger partial charge in [0.15, 0.2) is 0 Å². The summed E-state index contributed by atoms with van der Waals surface area (Å²) < 4.78 is 0. The Hall–Kier alpha value is -2.98. The van der Waals surface area contributed by atoms with Gasteiger partial charge < -0.3 is 25.1 Å². The van der Waals surface area contributed by atoms with Crippen LogP contribution in [0.2, 0.25) is 0 Å². The number of allylic oxidation sites excluding steroid dienone is 1. The van der Waals surface area contributed by atoms with Gasteiger partial charge >= 0.3 is 6.03 Å². The molecule has 0 radical (unpaired) electrons. The molecule has 4 rings (SSSR count). The number of carbonyl (C=O) groups excluding carboxylic acids is 2. The maximum atomic E-state index is 13.8. The van der Waals surface area contributed by atoms with Crippen molar-refractivity contribution in [3.8, 4) is 11.8 Å². The summed E-state index contributed by atoms with van der Waals surface area (Å²) in [4.78, 5) is 33.2. The Bertz CT molecular complexity index is 1160. The van der Waals surface area contributed by atoms with Crippen LogP contribution >= 0.6 is 0 Å². The first-order valence-electron chi connectivity index (χ1n) is 17.2. The Kier molecular flexibility index (Phi) is 12.6. The molecule has 3 fully saturated rings. The zero-order valence-corrected chi connectivity index (χ0v) is 27.7. The number of amides is 3. The van der Waals surface area contributed by atoms with Crippen molar-refractivity contribution in [3.05, 3.63) is 41.5 Å². The third-order valence-electron chi connectivity index (χ3n) is 9.43. The average Bonchev–Trinajstić information content (AvgIpc) is 3.30. The van der Waals surface area contributed by atoms with Crippen LogP contribution in [0.1, 0.15) is 110 Å². The minimum atomic E-state index is -0.846. The minimum absolute atomic E-state index is 0.0544. The number of carbonyl (C=O) groups is 2. The summed E-state index contributed by atoms with van der Waals surface area (Å²) in [6.07, 6.45) is 13.9. The van der Waals surface area contributed by atoms with Crippen LogP contribution in [0.25, 0.3) is 0 Å². The lowest BCUT2D eigenvalue weighted by Gasteiger charge is -2.40. The predicted octanol–water partition coefficient (Wildman–Crippen LogP) is 6.50. The lowest BCUT2D eigenvalue weighted by Crippen LogP contribution is -2.55. The molecule has 1 aromatic rings. The molecular weight excluding hydrogens is 548 g/mol. The van der Waals surface area contributed by atoms with Crippen LogP contribution in [-0.2, 0) is 4.79 Å². The first-order valence-corrected chi connectivity index (χ1v) is 17.2. The van der Waals surface area contributed by atoms with Crippen molar-refractivity contribution in [1.29, 1.82) is 0 Å². The van der Waals surface area contributed by atoms with E-state index in [-0.39, 0.29) is 11.9 Å². The van der Waals surface area contributed by atoms with E-state index in [1.54, 1.807) is 0 Å². The number of hydrogen-bond acceptors (Lipinski definition) is 4. The molecule has 1 aliphatic carbocycles. The molecule has 2 heterocycles.